The van der Waals surface area contributed by atoms with E-state index >= 15 is 0 Å². The van der Waals surface area contributed by atoms with Gasteiger partial charge >= 0.3 is 0 Å². The molecule has 2 heteroatoms. The molecule has 1 aromatic carbocycles. The van der Waals surface area contributed by atoms with E-state index in [2.05, 4.69) is 32.6 Å². The first-order chi connectivity index (χ1) is 9.61. The number of nitrogens with zero attached hydrogens (tertiary/aromatic N) is 1. The van der Waals surface area contributed by atoms with Crippen molar-refractivity contribution in [2.45, 2.75) is 71.6 Å². The van der Waals surface area contributed by atoms with Gasteiger partial charge in [0.1, 0.15) is 0 Å². The standard InChI is InChI=1S/C18H31NO/c1-5-7-11-14-19(15(3)4)17(6-2)18(20)16-12-9-8-10-13-16/h8-10,12-13,15,17-18,20H,5-7,11,14H2,1-4H3. The first kappa shape index (κ1) is 17.2. The molecule has 0 heterocycles. The minimum atomic E-state index is -0.398. The average molecular weight is 277 g/mol. The number of hydrogen-bond donors (Lipinski definition) is 1. The summed E-state index contributed by atoms with van der Waals surface area (Å²) in [6, 6.07) is 10.7. The highest BCUT2D eigenvalue weighted by Gasteiger charge is 2.27. The van der Waals surface area contributed by atoms with E-state index in [4.69, 9.17) is 0 Å². The van der Waals surface area contributed by atoms with Crippen LogP contribution in [0.4, 0.5) is 0 Å². The average Bonchev–Trinajstić information content (AvgIpc) is 2.47. The zero-order valence-electron chi connectivity index (χ0n) is 13.5. The molecule has 1 aromatic rings. The third kappa shape index (κ3) is 4.92. The first-order valence-corrected chi connectivity index (χ1v) is 8.10. The van der Waals surface area contributed by atoms with Crippen molar-refractivity contribution in [1.29, 1.82) is 0 Å². The van der Waals surface area contributed by atoms with E-state index in [1.807, 2.05) is 30.3 Å². The Hall–Kier alpha value is -0.860. The van der Waals surface area contributed by atoms with Crippen molar-refractivity contribution in [2.24, 2.45) is 0 Å². The Labute approximate surface area is 124 Å². The summed E-state index contributed by atoms with van der Waals surface area (Å²) < 4.78 is 0. The number of rotatable bonds is 9. The minimum Gasteiger partial charge on any atom is -0.387 e. The molecular weight excluding hydrogens is 246 g/mol. The van der Waals surface area contributed by atoms with Crippen LogP contribution in [0.3, 0.4) is 0 Å². The molecule has 1 rings (SSSR count). The summed E-state index contributed by atoms with van der Waals surface area (Å²) in [5.74, 6) is 0. The lowest BCUT2D eigenvalue weighted by Crippen LogP contribution is -2.44. The largest absolute Gasteiger partial charge is 0.387 e. The summed E-state index contributed by atoms with van der Waals surface area (Å²) in [5.41, 5.74) is 1.03. The zero-order chi connectivity index (χ0) is 15.0. The van der Waals surface area contributed by atoms with Crippen LogP contribution in [0.15, 0.2) is 30.3 Å². The Morgan fingerprint density at radius 3 is 2.20 bits per heavy atom. The molecule has 0 saturated carbocycles. The number of aliphatic hydroxyl groups is 1. The van der Waals surface area contributed by atoms with Crippen molar-refractivity contribution < 1.29 is 5.11 Å². The molecule has 20 heavy (non-hydrogen) atoms. The molecule has 2 nitrogen and oxygen atoms in total. The highest BCUT2D eigenvalue weighted by Crippen LogP contribution is 2.25. The molecule has 2 unspecified atom stereocenters. The van der Waals surface area contributed by atoms with Gasteiger partial charge in [-0.25, -0.2) is 0 Å². The molecule has 0 aromatic heterocycles. The van der Waals surface area contributed by atoms with Gasteiger partial charge in [0.15, 0.2) is 0 Å². The fourth-order valence-corrected chi connectivity index (χ4v) is 2.86. The Morgan fingerprint density at radius 2 is 1.70 bits per heavy atom. The van der Waals surface area contributed by atoms with E-state index < -0.39 is 6.10 Å². The van der Waals surface area contributed by atoms with Crippen molar-refractivity contribution in [3.8, 4) is 0 Å². The minimum absolute atomic E-state index is 0.203. The predicted octanol–water partition coefficient (Wildman–Crippen LogP) is 4.40. The first-order valence-electron chi connectivity index (χ1n) is 8.10. The van der Waals surface area contributed by atoms with Crippen LogP contribution in [0.5, 0.6) is 0 Å². The van der Waals surface area contributed by atoms with Gasteiger partial charge in [-0.05, 0) is 38.8 Å². The molecule has 0 amide bonds. The SMILES string of the molecule is CCCCCN(C(C)C)C(CC)C(O)c1ccccc1. The van der Waals surface area contributed by atoms with Crippen LogP contribution in [0.2, 0.25) is 0 Å². The van der Waals surface area contributed by atoms with E-state index in [1.54, 1.807) is 0 Å². The highest BCUT2D eigenvalue weighted by atomic mass is 16.3. The second-order valence-corrected chi connectivity index (χ2v) is 5.87. The smallest absolute Gasteiger partial charge is 0.0945 e. The summed E-state index contributed by atoms with van der Waals surface area (Å²) in [6.45, 7) is 9.94. The summed E-state index contributed by atoms with van der Waals surface area (Å²) in [7, 11) is 0. The van der Waals surface area contributed by atoms with Crippen molar-refractivity contribution in [2.75, 3.05) is 6.54 Å². The Kier molecular flexibility index (Phi) is 7.86. The van der Waals surface area contributed by atoms with E-state index in [-0.39, 0.29) is 6.04 Å². The maximum Gasteiger partial charge on any atom is 0.0945 e. The predicted molar refractivity (Wildman–Crippen MR) is 86.8 cm³/mol. The Balaban J connectivity index is 2.78. The summed E-state index contributed by atoms with van der Waals surface area (Å²) in [4.78, 5) is 2.47. The molecule has 0 spiro atoms. The van der Waals surface area contributed by atoms with E-state index in [0.717, 1.165) is 18.5 Å². The molecule has 2 atom stereocenters. The van der Waals surface area contributed by atoms with Crippen molar-refractivity contribution in [1.82, 2.24) is 4.90 Å². The molecule has 0 aliphatic rings. The molecular formula is C18H31NO. The third-order valence-corrected chi connectivity index (χ3v) is 4.03. The van der Waals surface area contributed by atoms with Gasteiger partial charge in [0, 0.05) is 12.1 Å². The molecule has 0 aliphatic carbocycles. The summed E-state index contributed by atoms with van der Waals surface area (Å²) in [6.07, 6.45) is 4.29. The number of hydrogen-bond acceptors (Lipinski definition) is 2. The van der Waals surface area contributed by atoms with Crippen LogP contribution in [-0.2, 0) is 0 Å². The molecule has 0 fully saturated rings. The lowest BCUT2D eigenvalue weighted by atomic mass is 9.97. The van der Waals surface area contributed by atoms with Crippen LogP contribution < -0.4 is 0 Å². The second kappa shape index (κ2) is 9.15. The zero-order valence-corrected chi connectivity index (χ0v) is 13.5. The van der Waals surface area contributed by atoms with Crippen LogP contribution >= 0.6 is 0 Å². The number of unbranched alkanes of at least 4 members (excludes halogenated alkanes) is 2. The second-order valence-electron chi connectivity index (χ2n) is 5.87. The topological polar surface area (TPSA) is 23.5 Å². The van der Waals surface area contributed by atoms with Crippen molar-refractivity contribution >= 4 is 0 Å². The fraction of sp³-hybridized carbons (Fsp3) is 0.667. The van der Waals surface area contributed by atoms with Crippen molar-refractivity contribution in [3.05, 3.63) is 35.9 Å². The van der Waals surface area contributed by atoms with Gasteiger partial charge in [-0.3, -0.25) is 4.90 Å². The molecule has 0 bridgehead atoms. The van der Waals surface area contributed by atoms with Gasteiger partial charge in [0.2, 0.25) is 0 Å². The monoisotopic (exact) mass is 277 g/mol. The van der Waals surface area contributed by atoms with Gasteiger partial charge in [-0.1, -0.05) is 57.0 Å². The maximum absolute atomic E-state index is 10.7. The summed E-state index contributed by atoms with van der Waals surface area (Å²) >= 11 is 0. The van der Waals surface area contributed by atoms with Gasteiger partial charge < -0.3 is 5.11 Å². The molecule has 1 N–H and O–H groups in total. The highest BCUT2D eigenvalue weighted by molar-refractivity contribution is 5.19. The van der Waals surface area contributed by atoms with Gasteiger partial charge in [0.25, 0.3) is 0 Å². The van der Waals surface area contributed by atoms with E-state index in [1.165, 1.54) is 19.3 Å². The van der Waals surface area contributed by atoms with Gasteiger partial charge in [0.05, 0.1) is 6.10 Å². The summed E-state index contributed by atoms with van der Waals surface area (Å²) in [5, 5.41) is 10.7. The van der Waals surface area contributed by atoms with Crippen molar-refractivity contribution in [3.63, 3.8) is 0 Å². The molecule has 114 valence electrons. The third-order valence-electron chi connectivity index (χ3n) is 4.03. The fourth-order valence-electron chi connectivity index (χ4n) is 2.86. The Bertz CT molecular complexity index is 350. The molecule has 0 saturated heterocycles. The van der Waals surface area contributed by atoms with Gasteiger partial charge in [-0.15, -0.1) is 0 Å². The Morgan fingerprint density at radius 1 is 1.05 bits per heavy atom. The molecule has 0 radical (unpaired) electrons. The van der Waals surface area contributed by atoms with Crippen LogP contribution in [0.1, 0.15) is 65.0 Å². The van der Waals surface area contributed by atoms with E-state index in [9.17, 15) is 5.11 Å². The lowest BCUT2D eigenvalue weighted by molar-refractivity contribution is 0.0271. The lowest BCUT2D eigenvalue weighted by Gasteiger charge is -2.37. The van der Waals surface area contributed by atoms with Crippen LogP contribution in [0.25, 0.3) is 0 Å². The molecule has 0 aliphatic heterocycles. The van der Waals surface area contributed by atoms with E-state index in [0.29, 0.717) is 6.04 Å². The van der Waals surface area contributed by atoms with Gasteiger partial charge in [-0.2, -0.15) is 0 Å². The van der Waals surface area contributed by atoms with Crippen LogP contribution in [0, 0.1) is 0 Å². The quantitative estimate of drug-likeness (QED) is 0.676. The van der Waals surface area contributed by atoms with Crippen LogP contribution in [-0.4, -0.2) is 28.6 Å². The normalized spacial score (nSPS) is 14.8. The number of aliphatic hydroxyl groups excluding tert-OH is 1. The maximum atomic E-state index is 10.7. The number of benzene rings is 1.